The largest absolute Gasteiger partial charge is 0.385 e. The predicted molar refractivity (Wildman–Crippen MR) is 69.5 cm³/mol. The molecule has 0 bridgehead atoms. The van der Waals surface area contributed by atoms with E-state index in [1.54, 1.807) is 0 Å². The molecule has 1 saturated carbocycles. The molecule has 4 nitrogen and oxygen atoms in total. The summed E-state index contributed by atoms with van der Waals surface area (Å²) >= 11 is 0. The fourth-order valence-electron chi connectivity index (χ4n) is 2.95. The predicted octanol–water partition coefficient (Wildman–Crippen LogP) is 1.22. The van der Waals surface area contributed by atoms with Gasteiger partial charge in [0.25, 0.3) is 0 Å². The molecule has 4 heteroatoms. The number of carbonyl (C=O) groups is 1. The zero-order valence-electron chi connectivity index (χ0n) is 11.1. The lowest BCUT2D eigenvalue weighted by atomic mass is 9.83. The lowest BCUT2D eigenvalue weighted by molar-refractivity contribution is -0.131. The van der Waals surface area contributed by atoms with Crippen LogP contribution in [0.4, 0.5) is 0 Å². The third-order valence-corrected chi connectivity index (χ3v) is 4.20. The van der Waals surface area contributed by atoms with E-state index in [2.05, 4.69) is 4.90 Å². The smallest absolute Gasteiger partial charge is 0.162 e. The first-order chi connectivity index (χ1) is 8.77. The molecule has 104 valence electrons. The second-order valence-corrected chi connectivity index (χ2v) is 5.51. The summed E-state index contributed by atoms with van der Waals surface area (Å²) < 4.78 is 5.27. The summed E-state index contributed by atoms with van der Waals surface area (Å²) in [4.78, 5) is 14.2. The van der Waals surface area contributed by atoms with Gasteiger partial charge in [-0.1, -0.05) is 19.3 Å². The van der Waals surface area contributed by atoms with Gasteiger partial charge in [-0.2, -0.15) is 0 Å². The van der Waals surface area contributed by atoms with Gasteiger partial charge in [-0.15, -0.1) is 0 Å². The molecule has 1 atom stereocenters. The van der Waals surface area contributed by atoms with Crippen LogP contribution < -0.4 is 0 Å². The first kappa shape index (κ1) is 14.0. The molecule has 2 aliphatic rings. The fourth-order valence-corrected chi connectivity index (χ4v) is 2.95. The number of ketones is 1. The number of carbonyl (C=O) groups excluding carboxylic acids is 1. The van der Waals surface area contributed by atoms with E-state index < -0.39 is 6.10 Å². The normalized spacial score (nSPS) is 24.9. The Kier molecular flexibility index (Phi) is 5.60. The molecule has 0 amide bonds. The third kappa shape index (κ3) is 4.04. The lowest BCUT2D eigenvalue weighted by Gasteiger charge is -2.28. The van der Waals surface area contributed by atoms with Crippen LogP contribution in [0.1, 0.15) is 38.5 Å². The van der Waals surface area contributed by atoms with Gasteiger partial charge in [0.05, 0.1) is 13.2 Å². The Bertz CT molecular complexity index is 258. The van der Waals surface area contributed by atoms with Gasteiger partial charge in [0.1, 0.15) is 6.10 Å². The number of aliphatic hydroxyl groups is 1. The number of ether oxygens (including phenoxy) is 1. The highest BCUT2D eigenvalue weighted by Crippen LogP contribution is 2.27. The van der Waals surface area contributed by atoms with Crippen molar-refractivity contribution in [1.82, 2.24) is 4.90 Å². The van der Waals surface area contributed by atoms with Gasteiger partial charge in [-0.05, 0) is 18.8 Å². The van der Waals surface area contributed by atoms with Crippen molar-refractivity contribution in [3.63, 3.8) is 0 Å². The second-order valence-electron chi connectivity index (χ2n) is 5.51. The maximum atomic E-state index is 12.0. The maximum Gasteiger partial charge on any atom is 0.162 e. The van der Waals surface area contributed by atoms with Gasteiger partial charge < -0.3 is 9.84 Å². The number of rotatable bonds is 5. The maximum absolute atomic E-state index is 12.0. The van der Waals surface area contributed by atoms with Crippen LogP contribution in [0, 0.1) is 5.92 Å². The van der Waals surface area contributed by atoms with Crippen molar-refractivity contribution in [2.75, 3.05) is 32.8 Å². The van der Waals surface area contributed by atoms with Crippen molar-refractivity contribution < 1.29 is 14.6 Å². The van der Waals surface area contributed by atoms with Crippen LogP contribution in [0.3, 0.4) is 0 Å². The molecule has 1 unspecified atom stereocenters. The molecule has 0 aromatic carbocycles. The summed E-state index contributed by atoms with van der Waals surface area (Å²) in [6.07, 6.45) is 5.39. The van der Waals surface area contributed by atoms with E-state index in [0.29, 0.717) is 6.42 Å². The first-order valence-corrected chi connectivity index (χ1v) is 7.28. The Balaban J connectivity index is 1.69. The Morgan fingerprint density at radius 3 is 2.56 bits per heavy atom. The molecular formula is C14H25NO3. The average Bonchev–Trinajstić information content (AvgIpc) is 2.46. The molecule has 1 aliphatic carbocycles. The lowest BCUT2D eigenvalue weighted by Crippen LogP contribution is -2.39. The monoisotopic (exact) mass is 255 g/mol. The summed E-state index contributed by atoms with van der Waals surface area (Å²) in [5.74, 6) is 0.254. The summed E-state index contributed by atoms with van der Waals surface area (Å²) in [6, 6.07) is 0. The van der Waals surface area contributed by atoms with Crippen molar-refractivity contribution in [1.29, 1.82) is 0 Å². The fraction of sp³-hybridized carbons (Fsp3) is 0.929. The minimum Gasteiger partial charge on any atom is -0.385 e. The standard InChI is InChI=1S/C14H25NO3/c16-13(6-7-15-8-10-18-11-9-15)14(17)12-4-2-1-3-5-12/h12,14,17H,1-11H2. The van der Waals surface area contributed by atoms with Crippen LogP contribution in [0.2, 0.25) is 0 Å². The molecule has 0 aromatic rings. The Morgan fingerprint density at radius 1 is 1.22 bits per heavy atom. The number of morpholine rings is 1. The van der Waals surface area contributed by atoms with Crippen molar-refractivity contribution in [3.8, 4) is 0 Å². The summed E-state index contributed by atoms with van der Waals surface area (Å²) in [7, 11) is 0. The molecule has 1 saturated heterocycles. The zero-order chi connectivity index (χ0) is 12.8. The van der Waals surface area contributed by atoms with E-state index in [4.69, 9.17) is 4.74 Å². The van der Waals surface area contributed by atoms with E-state index in [9.17, 15) is 9.90 Å². The van der Waals surface area contributed by atoms with E-state index in [1.165, 1.54) is 19.3 Å². The van der Waals surface area contributed by atoms with E-state index >= 15 is 0 Å². The molecule has 2 rings (SSSR count). The highest BCUT2D eigenvalue weighted by atomic mass is 16.5. The van der Waals surface area contributed by atoms with Crippen molar-refractivity contribution >= 4 is 5.78 Å². The second kappa shape index (κ2) is 7.22. The quantitative estimate of drug-likeness (QED) is 0.802. The molecule has 0 spiro atoms. The molecule has 1 N–H and O–H groups in total. The summed E-state index contributed by atoms with van der Waals surface area (Å²) in [6.45, 7) is 4.12. The summed E-state index contributed by atoms with van der Waals surface area (Å²) in [5.41, 5.74) is 0. The Morgan fingerprint density at radius 2 is 1.89 bits per heavy atom. The van der Waals surface area contributed by atoms with Gasteiger partial charge in [0.2, 0.25) is 0 Å². The van der Waals surface area contributed by atoms with Gasteiger partial charge in [-0.3, -0.25) is 9.69 Å². The van der Waals surface area contributed by atoms with Crippen molar-refractivity contribution in [3.05, 3.63) is 0 Å². The van der Waals surface area contributed by atoms with Crippen LogP contribution in [-0.4, -0.2) is 54.7 Å². The Labute approximate surface area is 109 Å². The molecule has 2 fully saturated rings. The van der Waals surface area contributed by atoms with E-state index in [1.807, 2.05) is 0 Å². The molecule has 18 heavy (non-hydrogen) atoms. The van der Waals surface area contributed by atoms with Gasteiger partial charge >= 0.3 is 0 Å². The molecule has 1 aliphatic heterocycles. The van der Waals surface area contributed by atoms with Crippen LogP contribution in [0.5, 0.6) is 0 Å². The van der Waals surface area contributed by atoms with E-state index in [0.717, 1.165) is 45.7 Å². The SMILES string of the molecule is O=C(CCN1CCOCC1)C(O)C1CCCCC1. The van der Waals surface area contributed by atoms with Crippen LogP contribution in [0.15, 0.2) is 0 Å². The van der Waals surface area contributed by atoms with Crippen molar-refractivity contribution in [2.24, 2.45) is 5.92 Å². The van der Waals surface area contributed by atoms with Gasteiger partial charge in [0.15, 0.2) is 5.78 Å². The van der Waals surface area contributed by atoms with Crippen LogP contribution in [-0.2, 0) is 9.53 Å². The third-order valence-electron chi connectivity index (χ3n) is 4.20. The molecule has 0 aromatic heterocycles. The Hall–Kier alpha value is -0.450. The number of aliphatic hydroxyl groups excluding tert-OH is 1. The van der Waals surface area contributed by atoms with Crippen LogP contribution in [0.25, 0.3) is 0 Å². The van der Waals surface area contributed by atoms with Gasteiger partial charge in [-0.25, -0.2) is 0 Å². The highest BCUT2D eigenvalue weighted by molar-refractivity contribution is 5.83. The van der Waals surface area contributed by atoms with Crippen molar-refractivity contribution in [2.45, 2.75) is 44.6 Å². The molecule has 1 heterocycles. The topological polar surface area (TPSA) is 49.8 Å². The minimum atomic E-state index is -0.716. The molecule has 0 radical (unpaired) electrons. The minimum absolute atomic E-state index is 0.0355. The van der Waals surface area contributed by atoms with E-state index in [-0.39, 0.29) is 11.7 Å². The zero-order valence-corrected chi connectivity index (χ0v) is 11.1. The highest BCUT2D eigenvalue weighted by Gasteiger charge is 2.27. The van der Waals surface area contributed by atoms with Gasteiger partial charge in [0, 0.05) is 26.1 Å². The van der Waals surface area contributed by atoms with Crippen LogP contribution >= 0.6 is 0 Å². The summed E-state index contributed by atoms with van der Waals surface area (Å²) in [5, 5.41) is 10.1. The number of hydrogen-bond acceptors (Lipinski definition) is 4. The number of hydrogen-bond donors (Lipinski definition) is 1. The first-order valence-electron chi connectivity index (χ1n) is 7.28. The number of nitrogens with zero attached hydrogens (tertiary/aromatic N) is 1. The molecular weight excluding hydrogens is 230 g/mol. The average molecular weight is 255 g/mol. The number of Topliss-reactive ketones (excluding diaryl/α,β-unsaturated/α-hetero) is 1.